The molecule has 26 heavy (non-hydrogen) atoms. The molecule has 2 aliphatic rings. The van der Waals surface area contributed by atoms with Crippen LogP contribution in [0.3, 0.4) is 0 Å². The first kappa shape index (κ1) is 19.3. The molecule has 3 rings (SSSR count). The SMILES string of the molecule is CC(C)(C)[C@H]1C[C@H](OCCCc2ccccc2)C2(C)C(OC(=O)[C@H]2O)O1. The van der Waals surface area contributed by atoms with Gasteiger partial charge in [-0.15, -0.1) is 0 Å². The number of fused-ring (bicyclic) bond motifs is 1. The molecule has 5 atom stereocenters. The molecular weight excluding hydrogens is 332 g/mol. The molecule has 0 aliphatic carbocycles. The molecule has 0 spiro atoms. The average Bonchev–Trinajstić information content (AvgIpc) is 2.82. The van der Waals surface area contributed by atoms with E-state index in [4.69, 9.17) is 14.2 Å². The Morgan fingerprint density at radius 1 is 1.27 bits per heavy atom. The molecule has 0 aromatic heterocycles. The van der Waals surface area contributed by atoms with E-state index in [0.29, 0.717) is 13.0 Å². The number of benzene rings is 1. The lowest BCUT2D eigenvalue weighted by Gasteiger charge is -2.47. The second-order valence-electron chi connectivity index (χ2n) is 8.71. The van der Waals surface area contributed by atoms with Crippen LogP contribution in [-0.4, -0.2) is 42.3 Å². The van der Waals surface area contributed by atoms with Crippen molar-refractivity contribution in [3.05, 3.63) is 35.9 Å². The van der Waals surface area contributed by atoms with E-state index in [1.807, 2.05) is 25.1 Å². The Kier molecular flexibility index (Phi) is 5.42. The summed E-state index contributed by atoms with van der Waals surface area (Å²) >= 11 is 0. The van der Waals surface area contributed by atoms with Gasteiger partial charge in [-0.3, -0.25) is 0 Å². The molecule has 2 fully saturated rings. The van der Waals surface area contributed by atoms with Gasteiger partial charge < -0.3 is 19.3 Å². The van der Waals surface area contributed by atoms with Crippen molar-refractivity contribution in [3.8, 4) is 0 Å². The van der Waals surface area contributed by atoms with Gasteiger partial charge >= 0.3 is 5.97 Å². The van der Waals surface area contributed by atoms with Gasteiger partial charge in [0.25, 0.3) is 0 Å². The fraction of sp³-hybridized carbons (Fsp3) is 0.667. The highest BCUT2D eigenvalue weighted by molar-refractivity contribution is 5.78. The number of rotatable bonds is 5. The van der Waals surface area contributed by atoms with Gasteiger partial charge in [0.15, 0.2) is 6.10 Å². The third-order valence-electron chi connectivity index (χ3n) is 5.69. The molecule has 0 saturated carbocycles. The Balaban J connectivity index is 1.66. The summed E-state index contributed by atoms with van der Waals surface area (Å²) in [4.78, 5) is 12.0. The molecule has 1 N–H and O–H groups in total. The zero-order valence-corrected chi connectivity index (χ0v) is 16.1. The van der Waals surface area contributed by atoms with Gasteiger partial charge in [-0.2, -0.15) is 0 Å². The van der Waals surface area contributed by atoms with Gasteiger partial charge in [0.05, 0.1) is 17.6 Å². The van der Waals surface area contributed by atoms with Gasteiger partial charge in [0.1, 0.15) is 0 Å². The molecule has 2 heterocycles. The second-order valence-corrected chi connectivity index (χ2v) is 8.71. The van der Waals surface area contributed by atoms with Crippen LogP contribution in [0.5, 0.6) is 0 Å². The molecule has 2 aliphatic heterocycles. The molecule has 2 saturated heterocycles. The molecule has 1 aromatic carbocycles. The van der Waals surface area contributed by atoms with Crippen molar-refractivity contribution in [2.45, 2.75) is 71.6 Å². The lowest BCUT2D eigenvalue weighted by Crippen LogP contribution is -2.57. The summed E-state index contributed by atoms with van der Waals surface area (Å²) in [5, 5.41) is 10.4. The number of esters is 1. The number of hydrogen-bond donors (Lipinski definition) is 1. The van der Waals surface area contributed by atoms with E-state index >= 15 is 0 Å². The fourth-order valence-corrected chi connectivity index (χ4v) is 3.79. The lowest BCUT2D eigenvalue weighted by atomic mass is 9.72. The van der Waals surface area contributed by atoms with Crippen molar-refractivity contribution in [3.63, 3.8) is 0 Å². The number of aliphatic hydroxyl groups is 1. The quantitative estimate of drug-likeness (QED) is 0.644. The van der Waals surface area contributed by atoms with Crippen LogP contribution in [0.15, 0.2) is 30.3 Å². The molecule has 5 nitrogen and oxygen atoms in total. The third kappa shape index (κ3) is 3.66. The van der Waals surface area contributed by atoms with E-state index in [2.05, 4.69) is 32.9 Å². The van der Waals surface area contributed by atoms with Crippen LogP contribution >= 0.6 is 0 Å². The largest absolute Gasteiger partial charge is 0.433 e. The molecule has 0 bridgehead atoms. The van der Waals surface area contributed by atoms with Crippen LogP contribution in [0.4, 0.5) is 0 Å². The highest BCUT2D eigenvalue weighted by atomic mass is 16.7. The van der Waals surface area contributed by atoms with Crippen molar-refractivity contribution in [2.75, 3.05) is 6.61 Å². The van der Waals surface area contributed by atoms with Crippen molar-refractivity contribution in [1.82, 2.24) is 0 Å². The Bertz CT molecular complexity index is 623. The standard InChI is InChI=1S/C21H30O5/c1-20(2,3)15-13-16(21(4)17(22)18(23)26-19(21)25-15)24-12-8-11-14-9-6-5-7-10-14/h5-7,9-10,15-17,19,22H,8,11-13H2,1-4H3/t15-,16+,17-,19?,21?/m1/s1. The van der Waals surface area contributed by atoms with Crippen LogP contribution in [-0.2, 0) is 25.4 Å². The number of ether oxygens (including phenoxy) is 3. The van der Waals surface area contributed by atoms with Gasteiger partial charge in [-0.25, -0.2) is 4.79 Å². The van der Waals surface area contributed by atoms with Crippen molar-refractivity contribution in [2.24, 2.45) is 10.8 Å². The van der Waals surface area contributed by atoms with Crippen molar-refractivity contribution in [1.29, 1.82) is 0 Å². The molecule has 0 amide bonds. The van der Waals surface area contributed by atoms with E-state index in [0.717, 1.165) is 12.8 Å². The molecule has 2 unspecified atom stereocenters. The summed E-state index contributed by atoms with van der Waals surface area (Å²) in [6.07, 6.45) is 0.0864. The minimum absolute atomic E-state index is 0.0993. The maximum absolute atomic E-state index is 12.0. The number of hydrogen-bond acceptors (Lipinski definition) is 5. The van der Waals surface area contributed by atoms with E-state index in [-0.39, 0.29) is 17.6 Å². The van der Waals surface area contributed by atoms with E-state index < -0.39 is 23.8 Å². The normalized spacial score (nSPS) is 34.4. The summed E-state index contributed by atoms with van der Waals surface area (Å²) < 4.78 is 17.6. The number of carbonyl (C=O) groups excluding carboxylic acids is 1. The molecule has 5 heteroatoms. The summed E-state index contributed by atoms with van der Waals surface area (Å²) in [6, 6.07) is 10.3. The van der Waals surface area contributed by atoms with E-state index in [1.165, 1.54) is 5.56 Å². The van der Waals surface area contributed by atoms with Crippen LogP contribution in [0.25, 0.3) is 0 Å². The molecule has 1 aromatic rings. The Morgan fingerprint density at radius 2 is 1.96 bits per heavy atom. The zero-order chi connectivity index (χ0) is 18.9. The first-order valence-electron chi connectivity index (χ1n) is 9.42. The van der Waals surface area contributed by atoms with Crippen LogP contribution < -0.4 is 0 Å². The molecule has 144 valence electrons. The predicted octanol–water partition coefficient (Wildman–Crippen LogP) is 3.09. The summed E-state index contributed by atoms with van der Waals surface area (Å²) in [7, 11) is 0. The summed E-state index contributed by atoms with van der Waals surface area (Å²) in [5.74, 6) is -0.620. The first-order valence-corrected chi connectivity index (χ1v) is 9.42. The smallest absolute Gasteiger partial charge is 0.338 e. The van der Waals surface area contributed by atoms with Crippen LogP contribution in [0.1, 0.15) is 46.1 Å². The predicted molar refractivity (Wildman–Crippen MR) is 97.4 cm³/mol. The highest BCUT2D eigenvalue weighted by Gasteiger charge is 2.63. The monoisotopic (exact) mass is 362 g/mol. The second kappa shape index (κ2) is 7.29. The van der Waals surface area contributed by atoms with Crippen molar-refractivity contribution >= 4 is 5.97 Å². The van der Waals surface area contributed by atoms with Gasteiger partial charge in [-0.1, -0.05) is 51.1 Å². The molecule has 0 radical (unpaired) electrons. The van der Waals surface area contributed by atoms with Gasteiger partial charge in [-0.05, 0) is 30.7 Å². The molecular formula is C21H30O5. The van der Waals surface area contributed by atoms with Gasteiger partial charge in [0, 0.05) is 13.0 Å². The summed E-state index contributed by atoms with van der Waals surface area (Å²) in [5.41, 5.74) is 0.303. The highest BCUT2D eigenvalue weighted by Crippen LogP contribution is 2.49. The first-order chi connectivity index (χ1) is 12.2. The third-order valence-corrected chi connectivity index (χ3v) is 5.69. The lowest BCUT2D eigenvalue weighted by molar-refractivity contribution is -0.275. The van der Waals surface area contributed by atoms with Crippen LogP contribution in [0.2, 0.25) is 0 Å². The fourth-order valence-electron chi connectivity index (χ4n) is 3.79. The topological polar surface area (TPSA) is 65.0 Å². The Morgan fingerprint density at radius 3 is 2.62 bits per heavy atom. The minimum atomic E-state index is -1.22. The Labute approximate surface area is 155 Å². The van der Waals surface area contributed by atoms with Gasteiger partial charge in [0.2, 0.25) is 6.29 Å². The number of aryl methyl sites for hydroxylation is 1. The summed E-state index contributed by atoms with van der Waals surface area (Å²) in [6.45, 7) is 8.69. The number of carbonyl (C=O) groups is 1. The van der Waals surface area contributed by atoms with E-state index in [9.17, 15) is 9.90 Å². The van der Waals surface area contributed by atoms with Crippen molar-refractivity contribution < 1.29 is 24.1 Å². The number of aliphatic hydroxyl groups excluding tert-OH is 1. The van der Waals surface area contributed by atoms with E-state index in [1.54, 1.807) is 0 Å². The minimum Gasteiger partial charge on any atom is -0.433 e. The Hall–Kier alpha value is -1.43. The van der Waals surface area contributed by atoms with Crippen LogP contribution in [0, 0.1) is 10.8 Å². The maximum atomic E-state index is 12.0. The zero-order valence-electron chi connectivity index (χ0n) is 16.1. The maximum Gasteiger partial charge on any atom is 0.338 e. The average molecular weight is 362 g/mol.